The molecule has 2 aromatic heterocycles. The number of hydrogen-bond acceptors (Lipinski definition) is 6. The van der Waals surface area contributed by atoms with Gasteiger partial charge in [0.2, 0.25) is 5.91 Å². The molecular weight excluding hydrogens is 469 g/mol. The van der Waals surface area contributed by atoms with E-state index in [0.29, 0.717) is 19.5 Å². The van der Waals surface area contributed by atoms with Crippen LogP contribution in [0, 0.1) is 25.1 Å². The lowest BCUT2D eigenvalue weighted by Gasteiger charge is -2.16. The number of rotatable bonds is 6. The molecule has 4 heterocycles. The Balaban J connectivity index is 1.19. The number of amides is 1. The standard InChI is InChI=1S/C27H28BN5O2S/c1-16-5-17(2)7-18(6-16)12-30-24-26(35)33-21(9-27(3-4-27)23(33)14-31-24)25(34)32-13-20-8-19-10-28(15-29)11-22(19)36-20/h5-8,14,21H,3-4,9-13H2,1-2H3,(H,30,31)(H,32,34). The van der Waals surface area contributed by atoms with Crippen LogP contribution in [0.15, 0.2) is 35.3 Å². The molecule has 1 aromatic carbocycles. The molecule has 1 atom stereocenters. The van der Waals surface area contributed by atoms with Crippen LogP contribution in [0.25, 0.3) is 0 Å². The number of anilines is 1. The van der Waals surface area contributed by atoms with Crippen LogP contribution in [-0.2, 0) is 35.9 Å². The van der Waals surface area contributed by atoms with Gasteiger partial charge in [0.25, 0.3) is 12.3 Å². The van der Waals surface area contributed by atoms with Gasteiger partial charge in [0.15, 0.2) is 5.82 Å². The van der Waals surface area contributed by atoms with Gasteiger partial charge in [0.1, 0.15) is 6.04 Å². The van der Waals surface area contributed by atoms with Crippen molar-refractivity contribution in [1.82, 2.24) is 14.9 Å². The lowest BCUT2D eigenvalue weighted by atomic mass is 9.49. The third-order valence-corrected chi connectivity index (χ3v) is 9.00. The average Bonchev–Trinajstić information content (AvgIpc) is 3.19. The number of benzene rings is 1. The van der Waals surface area contributed by atoms with Gasteiger partial charge in [-0.3, -0.25) is 14.2 Å². The van der Waals surface area contributed by atoms with Gasteiger partial charge in [-0.2, -0.15) is 0 Å². The number of nitriles is 1. The molecule has 7 nitrogen and oxygen atoms in total. The minimum Gasteiger partial charge on any atom is -0.361 e. The summed E-state index contributed by atoms with van der Waals surface area (Å²) in [4.78, 5) is 33.7. The predicted octanol–water partition coefficient (Wildman–Crippen LogP) is 3.56. The van der Waals surface area contributed by atoms with Crippen LogP contribution in [0.5, 0.6) is 0 Å². The van der Waals surface area contributed by atoms with E-state index < -0.39 is 6.04 Å². The molecule has 1 amide bonds. The molecule has 1 fully saturated rings. The number of thiophene rings is 1. The molecule has 1 unspecified atom stereocenters. The minimum atomic E-state index is -0.519. The lowest BCUT2D eigenvalue weighted by molar-refractivity contribution is -0.124. The first-order valence-electron chi connectivity index (χ1n) is 12.6. The number of aromatic nitrogens is 2. The van der Waals surface area contributed by atoms with Gasteiger partial charge in [-0.15, -0.1) is 11.3 Å². The molecule has 9 heteroatoms. The van der Waals surface area contributed by atoms with E-state index in [1.54, 1.807) is 22.1 Å². The van der Waals surface area contributed by atoms with E-state index in [-0.39, 0.29) is 29.4 Å². The number of nitrogens with one attached hydrogen (secondary N) is 2. The molecular formula is C27H28BN5O2S. The second-order valence-electron chi connectivity index (χ2n) is 10.6. The van der Waals surface area contributed by atoms with Gasteiger partial charge in [-0.1, -0.05) is 29.3 Å². The zero-order valence-corrected chi connectivity index (χ0v) is 21.4. The zero-order chi connectivity index (χ0) is 25.0. The monoisotopic (exact) mass is 497 g/mol. The van der Waals surface area contributed by atoms with Gasteiger partial charge >= 0.3 is 0 Å². The van der Waals surface area contributed by atoms with Crippen LogP contribution < -0.4 is 16.2 Å². The van der Waals surface area contributed by atoms with Crippen LogP contribution in [0.4, 0.5) is 5.82 Å². The van der Waals surface area contributed by atoms with Crippen LogP contribution >= 0.6 is 11.3 Å². The van der Waals surface area contributed by atoms with Crippen molar-refractivity contribution in [2.45, 2.75) is 70.3 Å². The molecule has 36 heavy (non-hydrogen) atoms. The summed E-state index contributed by atoms with van der Waals surface area (Å²) in [6.07, 6.45) is 6.04. The molecule has 0 saturated heterocycles. The predicted molar refractivity (Wildman–Crippen MR) is 141 cm³/mol. The molecule has 2 N–H and O–H groups in total. The first-order chi connectivity index (χ1) is 17.3. The second-order valence-corrected chi connectivity index (χ2v) is 11.9. The van der Waals surface area contributed by atoms with Crippen molar-refractivity contribution in [3.63, 3.8) is 0 Å². The van der Waals surface area contributed by atoms with E-state index in [0.717, 1.165) is 41.6 Å². The van der Waals surface area contributed by atoms with Gasteiger partial charge in [0, 0.05) is 39.6 Å². The first kappa shape index (κ1) is 23.0. The maximum atomic E-state index is 13.5. The first-order valence-corrected chi connectivity index (χ1v) is 13.4. The molecule has 2 aliphatic heterocycles. The van der Waals surface area contributed by atoms with Crippen LogP contribution in [0.1, 0.15) is 63.0 Å². The normalized spacial score (nSPS) is 18.6. The highest BCUT2D eigenvalue weighted by Gasteiger charge is 2.55. The molecule has 1 spiro atoms. The SMILES string of the molecule is Cc1cc(C)cc(CNc2ncc3n(c2=O)C(C(=O)NCc2cc4c(s2)CB(C#N)C4)CC32CC2)c1. The van der Waals surface area contributed by atoms with Crippen molar-refractivity contribution in [2.24, 2.45) is 0 Å². The number of fused-ring (bicyclic) bond motifs is 3. The van der Waals surface area contributed by atoms with E-state index in [9.17, 15) is 9.59 Å². The summed E-state index contributed by atoms with van der Waals surface area (Å²) in [7, 11) is 0. The number of hydrogen-bond donors (Lipinski definition) is 2. The molecule has 1 saturated carbocycles. The molecule has 0 radical (unpaired) electrons. The highest BCUT2D eigenvalue weighted by molar-refractivity contribution is 7.12. The molecule has 3 aliphatic rings. The summed E-state index contributed by atoms with van der Waals surface area (Å²) in [6.45, 7) is 5.15. The van der Waals surface area contributed by atoms with Crippen LogP contribution in [-0.4, -0.2) is 22.2 Å². The third-order valence-electron chi connectivity index (χ3n) is 7.80. The Morgan fingerprint density at radius 2 is 2.00 bits per heavy atom. The quantitative estimate of drug-likeness (QED) is 0.508. The minimum absolute atomic E-state index is 0.0813. The van der Waals surface area contributed by atoms with Gasteiger partial charge in [0.05, 0.1) is 6.54 Å². The smallest absolute Gasteiger partial charge is 0.294 e. The Morgan fingerprint density at radius 3 is 2.69 bits per heavy atom. The van der Waals surface area contributed by atoms with Gasteiger partial charge in [-0.05, 0) is 62.9 Å². The summed E-state index contributed by atoms with van der Waals surface area (Å²) in [5, 5.41) is 15.5. The Kier molecular flexibility index (Phi) is 5.53. The number of carbonyl (C=O) groups is 1. The molecule has 1 aliphatic carbocycles. The Hall–Kier alpha value is -3.38. The fourth-order valence-corrected chi connectivity index (χ4v) is 7.16. The summed E-state index contributed by atoms with van der Waals surface area (Å²) < 4.78 is 1.69. The van der Waals surface area contributed by atoms with E-state index in [4.69, 9.17) is 5.26 Å². The second kappa shape index (κ2) is 8.63. The fraction of sp³-hybridized carbons (Fsp3) is 0.407. The van der Waals surface area contributed by atoms with E-state index in [2.05, 4.69) is 59.7 Å². The Morgan fingerprint density at radius 1 is 1.22 bits per heavy atom. The summed E-state index contributed by atoms with van der Waals surface area (Å²) >= 11 is 1.68. The number of nitrogens with zero attached hydrogens (tertiary/aromatic N) is 3. The average molecular weight is 497 g/mol. The van der Waals surface area contributed by atoms with E-state index in [1.807, 2.05) is 0 Å². The van der Waals surface area contributed by atoms with Crippen molar-refractivity contribution in [1.29, 1.82) is 5.26 Å². The van der Waals surface area contributed by atoms with Crippen molar-refractivity contribution in [3.05, 3.63) is 78.5 Å². The van der Waals surface area contributed by atoms with Crippen molar-refractivity contribution in [3.8, 4) is 5.97 Å². The third kappa shape index (κ3) is 4.03. The van der Waals surface area contributed by atoms with Gasteiger partial charge < -0.3 is 10.6 Å². The molecule has 182 valence electrons. The van der Waals surface area contributed by atoms with Gasteiger partial charge in [-0.25, -0.2) is 10.2 Å². The largest absolute Gasteiger partial charge is 0.361 e. The number of carbonyl (C=O) groups excluding carboxylic acids is 1. The van der Waals surface area contributed by atoms with Crippen molar-refractivity contribution < 1.29 is 4.79 Å². The van der Waals surface area contributed by atoms with E-state index >= 15 is 0 Å². The highest BCUT2D eigenvalue weighted by Crippen LogP contribution is 2.57. The Labute approximate surface area is 214 Å². The van der Waals surface area contributed by atoms with Crippen LogP contribution in [0.3, 0.4) is 0 Å². The summed E-state index contributed by atoms with van der Waals surface area (Å²) in [5.74, 6) is 2.53. The van der Waals surface area contributed by atoms with Crippen molar-refractivity contribution in [2.75, 3.05) is 5.32 Å². The lowest BCUT2D eigenvalue weighted by Crippen LogP contribution is -2.36. The molecule has 3 aromatic rings. The van der Waals surface area contributed by atoms with E-state index in [1.165, 1.54) is 21.6 Å². The summed E-state index contributed by atoms with van der Waals surface area (Å²) in [5.41, 5.74) is 5.27. The zero-order valence-electron chi connectivity index (χ0n) is 20.6. The summed E-state index contributed by atoms with van der Waals surface area (Å²) in [6, 6.07) is 7.92. The van der Waals surface area contributed by atoms with Crippen molar-refractivity contribution >= 4 is 29.8 Å². The Bertz CT molecular complexity index is 1440. The molecule has 6 rings (SSSR count). The van der Waals surface area contributed by atoms with Crippen LogP contribution in [0.2, 0.25) is 0 Å². The fourth-order valence-electron chi connectivity index (χ4n) is 5.94. The highest BCUT2D eigenvalue weighted by atomic mass is 32.1. The maximum Gasteiger partial charge on any atom is 0.294 e. The maximum absolute atomic E-state index is 13.5. The molecule has 0 bridgehead atoms. The topological polar surface area (TPSA) is 99.8 Å². The number of aryl methyl sites for hydroxylation is 2.